The van der Waals surface area contributed by atoms with Crippen LogP contribution in [0.1, 0.15) is 33.6 Å². The zero-order chi connectivity index (χ0) is 18.7. The Morgan fingerprint density at radius 2 is 1.88 bits per heavy atom. The van der Waals surface area contributed by atoms with Gasteiger partial charge in [-0.3, -0.25) is 4.99 Å². The van der Waals surface area contributed by atoms with Crippen LogP contribution in [0.25, 0.3) is 0 Å². The molecule has 0 bridgehead atoms. The van der Waals surface area contributed by atoms with Crippen molar-refractivity contribution in [2.45, 2.75) is 45.3 Å². The lowest BCUT2D eigenvalue weighted by Gasteiger charge is -2.40. The molecule has 0 atom stereocenters. The number of aliphatic imine (C=N–C) groups is 1. The Morgan fingerprint density at radius 1 is 1.19 bits per heavy atom. The molecule has 0 aromatic rings. The Balaban J connectivity index is 0.00000625. The summed E-state index contributed by atoms with van der Waals surface area (Å²) in [5, 5.41) is 6.59. The highest BCUT2D eigenvalue weighted by molar-refractivity contribution is 14.0. The molecule has 0 radical (unpaired) electrons. The highest BCUT2D eigenvalue weighted by Gasteiger charge is 2.34. The van der Waals surface area contributed by atoms with Crippen LogP contribution >= 0.6 is 24.0 Å². The van der Waals surface area contributed by atoms with Crippen molar-refractivity contribution in [3.05, 3.63) is 0 Å². The first-order valence-corrected chi connectivity index (χ1v) is 8.87. The number of methoxy groups -OCH3 is 1. The summed E-state index contributed by atoms with van der Waals surface area (Å²) in [5.74, 6) is 0.758. The van der Waals surface area contributed by atoms with E-state index in [1.165, 1.54) is 0 Å². The Morgan fingerprint density at radius 3 is 2.46 bits per heavy atom. The predicted molar refractivity (Wildman–Crippen MR) is 113 cm³/mol. The maximum Gasteiger partial charge on any atom is 0.410 e. The predicted octanol–water partition coefficient (Wildman–Crippen LogP) is 1.83. The van der Waals surface area contributed by atoms with Gasteiger partial charge in [0.15, 0.2) is 5.96 Å². The molecule has 2 N–H and O–H groups in total. The molecule has 8 nitrogen and oxygen atoms in total. The zero-order valence-electron chi connectivity index (χ0n) is 16.7. The number of rotatable bonds is 9. The van der Waals surface area contributed by atoms with Crippen molar-refractivity contribution in [3.8, 4) is 0 Å². The van der Waals surface area contributed by atoms with Crippen LogP contribution in [0.3, 0.4) is 0 Å². The highest BCUT2D eigenvalue weighted by atomic mass is 127. The average Bonchev–Trinajstić information content (AvgIpc) is 2.48. The van der Waals surface area contributed by atoms with E-state index in [1.807, 2.05) is 20.8 Å². The van der Waals surface area contributed by atoms with Crippen LogP contribution < -0.4 is 10.6 Å². The Labute approximate surface area is 174 Å². The molecule has 0 aromatic carbocycles. The fourth-order valence-corrected chi connectivity index (χ4v) is 2.21. The van der Waals surface area contributed by atoms with Gasteiger partial charge < -0.3 is 29.7 Å². The SMILES string of the molecule is CN=C(NCCCCOCCOC)NC1CN(C(=O)OC(C)(C)C)C1.I. The van der Waals surface area contributed by atoms with Gasteiger partial charge in [0.1, 0.15) is 5.60 Å². The molecule has 1 rings (SSSR count). The summed E-state index contributed by atoms with van der Waals surface area (Å²) in [7, 11) is 3.41. The molecule has 1 aliphatic heterocycles. The number of nitrogens with one attached hydrogen (secondary N) is 2. The van der Waals surface area contributed by atoms with Crippen molar-refractivity contribution in [1.82, 2.24) is 15.5 Å². The van der Waals surface area contributed by atoms with Crippen molar-refractivity contribution in [3.63, 3.8) is 0 Å². The van der Waals surface area contributed by atoms with Gasteiger partial charge in [0.2, 0.25) is 0 Å². The fraction of sp³-hybridized carbons (Fsp3) is 0.882. The first kappa shape index (κ1) is 25.2. The van der Waals surface area contributed by atoms with Gasteiger partial charge in [-0.2, -0.15) is 0 Å². The van der Waals surface area contributed by atoms with Crippen molar-refractivity contribution in [1.29, 1.82) is 0 Å². The Kier molecular flexibility index (Phi) is 13.0. The van der Waals surface area contributed by atoms with Gasteiger partial charge in [-0.25, -0.2) is 4.79 Å². The van der Waals surface area contributed by atoms with Crippen LogP contribution in [0, 0.1) is 0 Å². The third kappa shape index (κ3) is 11.0. The monoisotopic (exact) mass is 486 g/mol. The molecular formula is C17H35IN4O4. The number of carbonyl (C=O) groups is 1. The molecule has 0 spiro atoms. The minimum atomic E-state index is -0.458. The average molecular weight is 486 g/mol. The van der Waals surface area contributed by atoms with E-state index >= 15 is 0 Å². The maximum atomic E-state index is 11.9. The molecule has 0 unspecified atom stereocenters. The maximum absolute atomic E-state index is 11.9. The van der Waals surface area contributed by atoms with Crippen LogP contribution in [0.5, 0.6) is 0 Å². The first-order chi connectivity index (χ1) is 11.9. The van der Waals surface area contributed by atoms with Crippen LogP contribution in [-0.4, -0.2) is 82.2 Å². The fourth-order valence-electron chi connectivity index (χ4n) is 2.21. The summed E-state index contributed by atoms with van der Waals surface area (Å²) < 4.78 is 15.7. The molecule has 1 fully saturated rings. The molecule has 154 valence electrons. The summed E-state index contributed by atoms with van der Waals surface area (Å²) >= 11 is 0. The van der Waals surface area contributed by atoms with E-state index in [9.17, 15) is 4.79 Å². The van der Waals surface area contributed by atoms with Gasteiger partial charge in [0.25, 0.3) is 0 Å². The van der Waals surface area contributed by atoms with Gasteiger partial charge in [-0.15, -0.1) is 24.0 Å². The number of amides is 1. The molecule has 0 aliphatic carbocycles. The van der Waals surface area contributed by atoms with Crippen molar-refractivity contribution >= 4 is 36.0 Å². The number of nitrogens with zero attached hydrogens (tertiary/aromatic N) is 2. The number of guanidine groups is 1. The molecule has 1 saturated heterocycles. The molecule has 0 aromatic heterocycles. The van der Waals surface area contributed by atoms with E-state index in [1.54, 1.807) is 19.1 Å². The van der Waals surface area contributed by atoms with Gasteiger partial charge in [-0.05, 0) is 33.6 Å². The third-order valence-corrected chi connectivity index (χ3v) is 3.54. The van der Waals surface area contributed by atoms with Crippen molar-refractivity contribution < 1.29 is 19.0 Å². The zero-order valence-corrected chi connectivity index (χ0v) is 19.0. The van der Waals surface area contributed by atoms with E-state index < -0.39 is 5.60 Å². The highest BCUT2D eigenvalue weighted by Crippen LogP contribution is 2.15. The summed E-state index contributed by atoms with van der Waals surface area (Å²) in [5.41, 5.74) is -0.458. The quantitative estimate of drug-likeness (QED) is 0.224. The minimum absolute atomic E-state index is 0. The van der Waals surface area contributed by atoms with Gasteiger partial charge in [-0.1, -0.05) is 0 Å². The largest absolute Gasteiger partial charge is 0.444 e. The summed E-state index contributed by atoms with van der Waals surface area (Å²) in [6.45, 7) is 9.71. The molecule has 9 heteroatoms. The second-order valence-electron chi connectivity index (χ2n) is 7.04. The van der Waals surface area contributed by atoms with E-state index in [0.29, 0.717) is 26.3 Å². The van der Waals surface area contributed by atoms with Crippen LogP contribution in [0.15, 0.2) is 4.99 Å². The molecular weight excluding hydrogens is 451 g/mol. The summed E-state index contributed by atoms with van der Waals surface area (Å²) in [6.07, 6.45) is 1.73. The van der Waals surface area contributed by atoms with Gasteiger partial charge in [0, 0.05) is 40.4 Å². The van der Waals surface area contributed by atoms with Crippen LogP contribution in [0.2, 0.25) is 0 Å². The lowest BCUT2D eigenvalue weighted by atomic mass is 10.1. The number of likely N-dealkylation sites (tertiary alicyclic amines) is 1. The minimum Gasteiger partial charge on any atom is -0.444 e. The Hall–Kier alpha value is -0.810. The smallest absolute Gasteiger partial charge is 0.410 e. The molecule has 26 heavy (non-hydrogen) atoms. The topological polar surface area (TPSA) is 84.4 Å². The van der Waals surface area contributed by atoms with Crippen molar-refractivity contribution in [2.24, 2.45) is 4.99 Å². The lowest BCUT2D eigenvalue weighted by molar-refractivity contribution is 0.00701. The van der Waals surface area contributed by atoms with Gasteiger partial charge in [0.05, 0.1) is 19.3 Å². The van der Waals surface area contributed by atoms with Crippen LogP contribution in [0.4, 0.5) is 4.79 Å². The molecule has 0 saturated carbocycles. The van der Waals surface area contributed by atoms with Crippen molar-refractivity contribution in [2.75, 3.05) is 53.6 Å². The Bertz CT molecular complexity index is 423. The number of hydrogen-bond acceptors (Lipinski definition) is 5. The third-order valence-electron chi connectivity index (χ3n) is 3.54. The van der Waals surface area contributed by atoms with Gasteiger partial charge >= 0.3 is 6.09 Å². The van der Waals surface area contributed by atoms with Crippen LogP contribution in [-0.2, 0) is 14.2 Å². The number of hydrogen-bond donors (Lipinski definition) is 2. The summed E-state index contributed by atoms with van der Waals surface area (Å²) in [4.78, 5) is 17.8. The first-order valence-electron chi connectivity index (χ1n) is 8.87. The second-order valence-corrected chi connectivity index (χ2v) is 7.04. The van der Waals surface area contributed by atoms with E-state index in [-0.39, 0.29) is 36.1 Å². The standard InChI is InChI=1S/C17H34N4O4.HI/c1-17(2,3)25-16(22)21-12-14(13-21)20-15(18-4)19-8-6-7-9-24-11-10-23-5;/h14H,6-13H2,1-5H3,(H2,18,19,20);1H. The number of unbranched alkanes of at least 4 members (excludes halogenated alkanes) is 1. The van der Waals surface area contributed by atoms with E-state index in [4.69, 9.17) is 14.2 Å². The van der Waals surface area contributed by atoms with E-state index in [0.717, 1.165) is 32.0 Å². The second kappa shape index (κ2) is 13.4. The summed E-state index contributed by atoms with van der Waals surface area (Å²) in [6, 6.07) is 0.205. The number of ether oxygens (including phenoxy) is 3. The number of halogens is 1. The molecule has 1 heterocycles. The lowest BCUT2D eigenvalue weighted by Crippen LogP contribution is -2.63. The number of carbonyl (C=O) groups excluding carboxylic acids is 1. The molecule has 1 aliphatic rings. The van der Waals surface area contributed by atoms with E-state index in [2.05, 4.69) is 15.6 Å². The molecule has 1 amide bonds. The normalized spacial score (nSPS) is 15.1.